The van der Waals surface area contributed by atoms with E-state index in [1.807, 2.05) is 40.7 Å². The van der Waals surface area contributed by atoms with Crippen LogP contribution >= 0.6 is 0 Å². The summed E-state index contributed by atoms with van der Waals surface area (Å²) in [5.41, 5.74) is 2.73. The van der Waals surface area contributed by atoms with E-state index in [2.05, 4.69) is 0 Å². The minimum Gasteiger partial charge on any atom is -0.387 e. The zero-order valence-corrected chi connectivity index (χ0v) is 13.6. The van der Waals surface area contributed by atoms with Crippen LogP contribution in [0.5, 0.6) is 0 Å². The number of aliphatic hydroxyl groups is 1. The smallest absolute Gasteiger partial charge is 0.243 e. The second-order valence-electron chi connectivity index (χ2n) is 5.94. The van der Waals surface area contributed by atoms with Crippen LogP contribution in [0.2, 0.25) is 0 Å². The molecule has 0 unspecified atom stereocenters. The summed E-state index contributed by atoms with van der Waals surface area (Å²) in [6, 6.07) is 2.02. The van der Waals surface area contributed by atoms with Gasteiger partial charge in [-0.15, -0.1) is 0 Å². The molecule has 0 atom stereocenters. The molecule has 0 aliphatic carbocycles. The van der Waals surface area contributed by atoms with Crippen molar-refractivity contribution in [2.45, 2.75) is 51.5 Å². The van der Waals surface area contributed by atoms with Crippen LogP contribution in [0.3, 0.4) is 0 Å². The van der Waals surface area contributed by atoms with Crippen LogP contribution in [0, 0.1) is 27.7 Å². The van der Waals surface area contributed by atoms with Crippen LogP contribution in [-0.2, 0) is 10.0 Å². The van der Waals surface area contributed by atoms with Gasteiger partial charge >= 0.3 is 0 Å². The highest BCUT2D eigenvalue weighted by Crippen LogP contribution is 2.34. The van der Waals surface area contributed by atoms with Gasteiger partial charge in [0.25, 0.3) is 0 Å². The standard InChI is InChI=1S/C15H23NO3S/c1-6-15(17)8-16(9-15)20(18,19)14-12(4)10(2)7-11(3)13(14)5/h7,17H,6,8-9H2,1-5H3. The summed E-state index contributed by atoms with van der Waals surface area (Å²) in [7, 11) is -3.52. The minimum atomic E-state index is -3.52. The van der Waals surface area contributed by atoms with Crippen molar-refractivity contribution in [2.24, 2.45) is 0 Å². The normalized spacial score (nSPS) is 18.9. The fraction of sp³-hybridized carbons (Fsp3) is 0.600. The van der Waals surface area contributed by atoms with Crippen LogP contribution in [0.4, 0.5) is 0 Å². The SMILES string of the molecule is CCC1(O)CN(S(=O)(=O)c2c(C)c(C)cc(C)c2C)C1. The molecule has 1 fully saturated rings. The molecule has 0 bridgehead atoms. The Morgan fingerprint density at radius 3 is 2.00 bits per heavy atom. The summed E-state index contributed by atoms with van der Waals surface area (Å²) >= 11 is 0. The van der Waals surface area contributed by atoms with Gasteiger partial charge in [0.15, 0.2) is 0 Å². The maximum Gasteiger partial charge on any atom is 0.243 e. The zero-order valence-electron chi connectivity index (χ0n) is 12.8. The van der Waals surface area contributed by atoms with Crippen molar-refractivity contribution in [3.8, 4) is 0 Å². The van der Waals surface area contributed by atoms with E-state index in [9.17, 15) is 13.5 Å². The zero-order chi connectivity index (χ0) is 15.3. The second-order valence-corrected chi connectivity index (χ2v) is 7.82. The van der Waals surface area contributed by atoms with Gasteiger partial charge in [0, 0.05) is 13.1 Å². The number of rotatable bonds is 3. The first-order valence-electron chi connectivity index (χ1n) is 6.92. The number of β-amino-alcohol motifs (C(OH)–C–C–N with tert-alkyl or cyclic N) is 1. The van der Waals surface area contributed by atoms with Crippen molar-refractivity contribution >= 4 is 10.0 Å². The third-order valence-corrected chi connectivity index (χ3v) is 6.56. The number of benzene rings is 1. The molecule has 0 aromatic heterocycles. The third kappa shape index (κ3) is 2.28. The Balaban J connectivity index is 2.47. The highest BCUT2D eigenvalue weighted by molar-refractivity contribution is 7.89. The number of hydrogen-bond acceptors (Lipinski definition) is 3. The minimum absolute atomic E-state index is 0.192. The molecule has 4 nitrogen and oxygen atoms in total. The summed E-state index contributed by atoms with van der Waals surface area (Å²) < 4.78 is 26.9. The Morgan fingerprint density at radius 1 is 1.15 bits per heavy atom. The average Bonchev–Trinajstić information content (AvgIpc) is 2.32. The molecule has 0 amide bonds. The van der Waals surface area contributed by atoms with E-state index < -0.39 is 15.6 Å². The number of nitrogens with zero attached hydrogens (tertiary/aromatic N) is 1. The molecule has 0 saturated carbocycles. The van der Waals surface area contributed by atoms with Crippen molar-refractivity contribution in [1.29, 1.82) is 0 Å². The molecule has 0 spiro atoms. The van der Waals surface area contributed by atoms with E-state index in [1.165, 1.54) is 4.31 Å². The summed E-state index contributed by atoms with van der Waals surface area (Å²) in [6.07, 6.45) is 0.573. The lowest BCUT2D eigenvalue weighted by atomic mass is 9.94. The number of sulfonamides is 1. The highest BCUT2D eigenvalue weighted by Gasteiger charge is 2.46. The molecule has 2 rings (SSSR count). The molecule has 1 aliphatic rings. The fourth-order valence-corrected chi connectivity index (χ4v) is 4.88. The number of aryl methyl sites for hydroxylation is 2. The monoisotopic (exact) mass is 297 g/mol. The lowest BCUT2D eigenvalue weighted by Crippen LogP contribution is -2.63. The van der Waals surface area contributed by atoms with Gasteiger partial charge in [-0.25, -0.2) is 8.42 Å². The van der Waals surface area contributed by atoms with Crippen molar-refractivity contribution in [3.63, 3.8) is 0 Å². The van der Waals surface area contributed by atoms with Crippen molar-refractivity contribution in [1.82, 2.24) is 4.31 Å². The largest absolute Gasteiger partial charge is 0.387 e. The van der Waals surface area contributed by atoms with E-state index in [-0.39, 0.29) is 13.1 Å². The highest BCUT2D eigenvalue weighted by atomic mass is 32.2. The van der Waals surface area contributed by atoms with Gasteiger partial charge in [-0.2, -0.15) is 4.31 Å². The molecule has 1 aliphatic heterocycles. The van der Waals surface area contributed by atoms with Gasteiger partial charge in [-0.05, 0) is 56.4 Å². The van der Waals surface area contributed by atoms with Gasteiger partial charge in [0.2, 0.25) is 10.0 Å². The fourth-order valence-electron chi connectivity index (χ4n) is 2.70. The molecule has 1 aromatic carbocycles. The second kappa shape index (κ2) is 4.83. The molecule has 1 N–H and O–H groups in total. The van der Waals surface area contributed by atoms with E-state index >= 15 is 0 Å². The Labute approximate surface area is 121 Å². The Kier molecular flexibility index (Phi) is 3.73. The van der Waals surface area contributed by atoms with Crippen molar-refractivity contribution in [2.75, 3.05) is 13.1 Å². The van der Waals surface area contributed by atoms with Crippen molar-refractivity contribution in [3.05, 3.63) is 28.3 Å². The van der Waals surface area contributed by atoms with Gasteiger partial charge < -0.3 is 5.11 Å². The first-order chi connectivity index (χ1) is 9.12. The van der Waals surface area contributed by atoms with Crippen LogP contribution in [0.15, 0.2) is 11.0 Å². The van der Waals surface area contributed by atoms with Crippen LogP contribution in [0.1, 0.15) is 35.6 Å². The maximum absolute atomic E-state index is 12.8. The summed E-state index contributed by atoms with van der Waals surface area (Å²) in [4.78, 5) is 0.410. The Hall–Kier alpha value is -0.910. The molecule has 5 heteroatoms. The first kappa shape index (κ1) is 15.5. The van der Waals surface area contributed by atoms with E-state index in [0.29, 0.717) is 11.3 Å². The van der Waals surface area contributed by atoms with Gasteiger partial charge in [0.1, 0.15) is 0 Å². The molecule has 1 aromatic rings. The first-order valence-corrected chi connectivity index (χ1v) is 8.36. The summed E-state index contributed by atoms with van der Waals surface area (Å²) in [5, 5.41) is 10.0. The van der Waals surface area contributed by atoms with Gasteiger partial charge in [0.05, 0.1) is 10.5 Å². The van der Waals surface area contributed by atoms with Gasteiger partial charge in [-0.3, -0.25) is 0 Å². The molecular weight excluding hydrogens is 274 g/mol. The lowest BCUT2D eigenvalue weighted by Gasteiger charge is -2.45. The third-order valence-electron chi connectivity index (χ3n) is 4.49. The predicted molar refractivity (Wildman–Crippen MR) is 79.4 cm³/mol. The molecule has 0 radical (unpaired) electrons. The quantitative estimate of drug-likeness (QED) is 0.929. The lowest BCUT2D eigenvalue weighted by molar-refractivity contribution is -0.0613. The molecule has 1 heterocycles. The topological polar surface area (TPSA) is 57.6 Å². The Morgan fingerprint density at radius 2 is 1.60 bits per heavy atom. The molecule has 20 heavy (non-hydrogen) atoms. The van der Waals surface area contributed by atoms with E-state index in [0.717, 1.165) is 22.3 Å². The van der Waals surface area contributed by atoms with Crippen LogP contribution in [0.25, 0.3) is 0 Å². The maximum atomic E-state index is 12.8. The number of hydrogen-bond donors (Lipinski definition) is 1. The Bertz CT molecular complexity index is 617. The average molecular weight is 297 g/mol. The van der Waals surface area contributed by atoms with Crippen LogP contribution < -0.4 is 0 Å². The van der Waals surface area contributed by atoms with E-state index in [1.54, 1.807) is 0 Å². The summed E-state index contributed by atoms with van der Waals surface area (Å²) in [5.74, 6) is 0. The van der Waals surface area contributed by atoms with Crippen LogP contribution in [-0.4, -0.2) is 36.5 Å². The molecular formula is C15H23NO3S. The predicted octanol–water partition coefficient (Wildman–Crippen LogP) is 2.07. The van der Waals surface area contributed by atoms with Crippen molar-refractivity contribution < 1.29 is 13.5 Å². The van der Waals surface area contributed by atoms with E-state index in [4.69, 9.17) is 0 Å². The molecule has 1 saturated heterocycles. The van der Waals surface area contributed by atoms with Gasteiger partial charge in [-0.1, -0.05) is 13.0 Å². The molecule has 112 valence electrons. The summed E-state index contributed by atoms with van der Waals surface area (Å²) in [6.45, 7) is 9.81.